The Morgan fingerprint density at radius 1 is 1.05 bits per heavy atom. The normalized spacial score (nSPS) is 21.2. The van der Waals surface area contributed by atoms with Crippen LogP contribution in [-0.2, 0) is 4.74 Å². The summed E-state index contributed by atoms with van der Waals surface area (Å²) >= 11 is 1.37. The number of aromatic nitrogens is 4. The number of hydrogen-bond donors (Lipinski definition) is 1. The Kier molecular flexibility index (Phi) is 6.14. The zero-order chi connectivity index (χ0) is 26.5. The molecule has 0 saturated carbocycles. The number of likely N-dealkylation sites (N-methyl/N-ethyl adjacent to an activating group) is 1. The third-order valence-corrected chi connectivity index (χ3v) is 8.92. The largest absolute Gasteiger partial charge is 0.377 e. The monoisotopic (exact) mass is 545 g/mol. The zero-order valence-corrected chi connectivity index (χ0v) is 22.3. The molecule has 1 amide bonds. The van der Waals surface area contributed by atoms with E-state index in [0.717, 1.165) is 30.0 Å². The zero-order valence-electron chi connectivity index (χ0n) is 21.5. The Morgan fingerprint density at radius 2 is 1.82 bits per heavy atom. The van der Waals surface area contributed by atoms with Gasteiger partial charge in [-0.3, -0.25) is 9.69 Å². The first-order valence-corrected chi connectivity index (χ1v) is 14.0. The van der Waals surface area contributed by atoms with Gasteiger partial charge >= 0.3 is 0 Å². The highest BCUT2D eigenvalue weighted by Crippen LogP contribution is 2.37. The topological polar surface area (TPSA) is 88.4 Å². The molecule has 4 aromatic rings. The molecule has 0 spiro atoms. The molecule has 11 heteroatoms. The van der Waals surface area contributed by atoms with Gasteiger partial charge in [0, 0.05) is 36.1 Å². The Balaban J connectivity index is 1.09. The van der Waals surface area contributed by atoms with E-state index in [2.05, 4.69) is 37.1 Å². The van der Waals surface area contributed by atoms with Gasteiger partial charge in [-0.15, -0.1) is 11.3 Å². The van der Waals surface area contributed by atoms with E-state index in [1.54, 1.807) is 23.8 Å². The predicted octanol–water partition coefficient (Wildman–Crippen LogP) is 4.31. The van der Waals surface area contributed by atoms with Crippen LogP contribution in [-0.4, -0.2) is 75.8 Å². The van der Waals surface area contributed by atoms with Crippen molar-refractivity contribution in [2.24, 2.45) is 0 Å². The van der Waals surface area contributed by atoms with E-state index in [-0.39, 0.29) is 17.8 Å². The molecule has 6 heterocycles. The summed E-state index contributed by atoms with van der Waals surface area (Å²) < 4.78 is 21.0. The molecule has 3 fully saturated rings. The number of thiazole rings is 1. The summed E-state index contributed by atoms with van der Waals surface area (Å²) in [4.78, 5) is 31.8. The van der Waals surface area contributed by atoms with Crippen LogP contribution >= 0.6 is 11.3 Å². The van der Waals surface area contributed by atoms with Gasteiger partial charge in [-0.2, -0.15) is 0 Å². The molecule has 3 aromatic heterocycles. The summed E-state index contributed by atoms with van der Waals surface area (Å²) in [5, 5.41) is 5.28. The Bertz CT molecular complexity index is 1490. The maximum Gasteiger partial charge on any atom is 0.276 e. The number of rotatable bonds is 6. The fourth-order valence-electron chi connectivity index (χ4n) is 5.69. The Morgan fingerprint density at radius 3 is 2.49 bits per heavy atom. The van der Waals surface area contributed by atoms with Crippen LogP contribution in [0.5, 0.6) is 0 Å². The molecule has 9 nitrogen and oxygen atoms in total. The molecule has 3 aliphatic heterocycles. The van der Waals surface area contributed by atoms with Crippen LogP contribution < -0.4 is 10.2 Å². The van der Waals surface area contributed by atoms with Gasteiger partial charge in [0.25, 0.3) is 5.91 Å². The summed E-state index contributed by atoms with van der Waals surface area (Å²) in [6, 6.07) is 11.4. The number of fused-ring (bicyclic) bond motifs is 2. The van der Waals surface area contributed by atoms with Gasteiger partial charge in [-0.05, 0) is 56.3 Å². The molecule has 3 aliphatic rings. The van der Waals surface area contributed by atoms with Crippen LogP contribution in [0.1, 0.15) is 29.4 Å². The van der Waals surface area contributed by atoms with Crippen molar-refractivity contribution in [2.45, 2.75) is 31.0 Å². The number of benzene rings is 1. The van der Waals surface area contributed by atoms with Gasteiger partial charge in [0.05, 0.1) is 43.2 Å². The number of piperazine rings is 1. The lowest BCUT2D eigenvalue weighted by Gasteiger charge is -2.40. The maximum absolute atomic E-state index is 13.6. The number of halogens is 1. The second-order valence-electron chi connectivity index (χ2n) is 10.4. The predicted molar refractivity (Wildman–Crippen MR) is 148 cm³/mol. The van der Waals surface area contributed by atoms with E-state index in [1.165, 1.54) is 36.3 Å². The number of hydrogen-bond acceptors (Lipinski definition) is 8. The summed E-state index contributed by atoms with van der Waals surface area (Å²) in [5.74, 6) is -0.145. The van der Waals surface area contributed by atoms with Crippen molar-refractivity contribution in [1.82, 2.24) is 24.4 Å². The second kappa shape index (κ2) is 9.82. The Labute approximate surface area is 229 Å². The van der Waals surface area contributed by atoms with Crippen molar-refractivity contribution in [3.63, 3.8) is 0 Å². The SMILES string of the molecule is CN1C2CCC1CN(c1ccc(NC(=O)c3csc(-c4c(-c5ccc(F)cc5)ncn4C4COC4)n3)nc1)C2. The van der Waals surface area contributed by atoms with E-state index >= 15 is 0 Å². The highest BCUT2D eigenvalue weighted by Gasteiger charge is 2.37. The number of carbonyl (C=O) groups is 1. The number of imidazole rings is 1. The van der Waals surface area contributed by atoms with Crippen LogP contribution in [0.3, 0.4) is 0 Å². The fourth-order valence-corrected chi connectivity index (χ4v) is 6.54. The molecule has 3 saturated heterocycles. The summed E-state index contributed by atoms with van der Waals surface area (Å²) in [6.07, 6.45) is 6.09. The summed E-state index contributed by atoms with van der Waals surface area (Å²) in [5.41, 5.74) is 3.65. The van der Waals surface area contributed by atoms with Crippen LogP contribution in [0, 0.1) is 5.82 Å². The Hall–Kier alpha value is -3.67. The molecule has 1 N–H and O–H groups in total. The maximum atomic E-state index is 13.6. The number of anilines is 2. The lowest BCUT2D eigenvalue weighted by Crippen LogP contribution is -2.52. The molecule has 200 valence electrons. The van der Waals surface area contributed by atoms with Crippen LogP contribution in [0.15, 0.2) is 54.3 Å². The molecule has 2 bridgehead atoms. The standard InChI is InChI=1S/C28H28FN7O2S/c1-34-20-6-7-21(34)12-35(11-20)19-8-9-24(30-10-19)33-27(37)23-15-39-28(32-23)26-25(17-2-4-18(29)5-3-17)31-16-36(26)22-13-38-14-22/h2-5,8-10,15-16,20-22H,6-7,11-14H2,1H3,(H,30,33,37). The van der Waals surface area contributed by atoms with E-state index in [0.29, 0.717) is 47.5 Å². The van der Waals surface area contributed by atoms with Crippen molar-refractivity contribution in [3.8, 4) is 22.0 Å². The number of nitrogens with one attached hydrogen (secondary N) is 1. The lowest BCUT2D eigenvalue weighted by atomic mass is 10.1. The van der Waals surface area contributed by atoms with E-state index in [9.17, 15) is 9.18 Å². The second-order valence-corrected chi connectivity index (χ2v) is 11.3. The first-order valence-electron chi connectivity index (χ1n) is 13.1. The minimum atomic E-state index is -0.322. The van der Waals surface area contributed by atoms with Gasteiger partial charge in [0.2, 0.25) is 0 Å². The summed E-state index contributed by atoms with van der Waals surface area (Å²) in [7, 11) is 2.22. The number of carbonyl (C=O) groups excluding carboxylic acids is 1. The van der Waals surface area contributed by atoms with Crippen molar-refractivity contribution >= 4 is 28.7 Å². The number of ether oxygens (including phenoxy) is 1. The average molecular weight is 546 g/mol. The highest BCUT2D eigenvalue weighted by atomic mass is 32.1. The molecular weight excluding hydrogens is 517 g/mol. The average Bonchev–Trinajstić information content (AvgIpc) is 3.60. The van der Waals surface area contributed by atoms with Gasteiger partial charge in [0.15, 0.2) is 0 Å². The molecule has 2 unspecified atom stereocenters. The first-order chi connectivity index (χ1) is 19.0. The molecule has 2 atom stereocenters. The lowest BCUT2D eigenvalue weighted by molar-refractivity contribution is -0.0226. The minimum absolute atomic E-state index is 0.140. The van der Waals surface area contributed by atoms with Crippen molar-refractivity contribution in [3.05, 3.63) is 65.8 Å². The fraction of sp³-hybridized carbons (Fsp3) is 0.357. The molecule has 7 rings (SSSR count). The van der Waals surface area contributed by atoms with Gasteiger partial charge < -0.3 is 19.5 Å². The third-order valence-electron chi connectivity index (χ3n) is 8.07. The number of amides is 1. The summed E-state index contributed by atoms with van der Waals surface area (Å²) in [6.45, 7) is 3.18. The molecule has 1 aromatic carbocycles. The third kappa shape index (κ3) is 4.50. The van der Waals surface area contributed by atoms with Gasteiger partial charge in [0.1, 0.15) is 28.0 Å². The van der Waals surface area contributed by atoms with Gasteiger partial charge in [-0.25, -0.2) is 19.3 Å². The molecular formula is C28H28FN7O2S. The van der Waals surface area contributed by atoms with E-state index < -0.39 is 0 Å². The van der Waals surface area contributed by atoms with Crippen molar-refractivity contribution in [2.75, 3.05) is 43.6 Å². The quantitative estimate of drug-likeness (QED) is 0.386. The molecule has 0 aliphatic carbocycles. The van der Waals surface area contributed by atoms with E-state index in [4.69, 9.17) is 4.74 Å². The first kappa shape index (κ1) is 24.4. The van der Waals surface area contributed by atoms with Gasteiger partial charge in [-0.1, -0.05) is 0 Å². The number of nitrogens with zero attached hydrogens (tertiary/aromatic N) is 6. The van der Waals surface area contributed by atoms with Crippen LogP contribution in [0.25, 0.3) is 22.0 Å². The van der Waals surface area contributed by atoms with Crippen LogP contribution in [0.2, 0.25) is 0 Å². The minimum Gasteiger partial charge on any atom is -0.377 e. The smallest absolute Gasteiger partial charge is 0.276 e. The van der Waals surface area contributed by atoms with Crippen LogP contribution in [0.4, 0.5) is 15.9 Å². The van der Waals surface area contributed by atoms with E-state index in [1.807, 2.05) is 22.9 Å². The number of pyridine rings is 1. The highest BCUT2D eigenvalue weighted by molar-refractivity contribution is 7.13. The van der Waals surface area contributed by atoms with Crippen molar-refractivity contribution < 1.29 is 13.9 Å². The molecule has 39 heavy (non-hydrogen) atoms. The van der Waals surface area contributed by atoms with Crippen molar-refractivity contribution in [1.29, 1.82) is 0 Å². The molecule has 0 radical (unpaired) electrons.